The first-order valence-electron chi connectivity index (χ1n) is 3.17. The van der Waals surface area contributed by atoms with Crippen LogP contribution in [0.15, 0.2) is 0 Å². The number of rotatable bonds is 5. The minimum Gasteiger partial charge on any atom is -0.481 e. The van der Waals surface area contributed by atoms with Crippen LogP contribution in [0.3, 0.4) is 0 Å². The molecule has 0 aromatic heterocycles. The molecule has 0 bridgehead atoms. The van der Waals surface area contributed by atoms with E-state index in [9.17, 15) is 14.4 Å². The normalized spacial score (nSPS) is 9.40. The van der Waals surface area contributed by atoms with Crippen molar-refractivity contribution in [2.45, 2.75) is 18.4 Å². The van der Waals surface area contributed by atoms with Crippen LogP contribution in [-0.4, -0.2) is 95.3 Å². The number of carboxylic acids is 3. The van der Waals surface area contributed by atoms with Gasteiger partial charge < -0.3 is 20.4 Å². The molecule has 15 heavy (non-hydrogen) atoms. The molecule has 4 N–H and O–H groups in total. The van der Waals surface area contributed by atoms with Gasteiger partial charge in [0.1, 0.15) is 0 Å². The summed E-state index contributed by atoms with van der Waals surface area (Å²) in [5, 5.41) is 33.8. The van der Waals surface area contributed by atoms with Crippen molar-refractivity contribution in [2.75, 3.05) is 0 Å². The van der Waals surface area contributed by atoms with Crippen LogP contribution in [0.2, 0.25) is 0 Å². The third-order valence-electron chi connectivity index (χ3n) is 1.29. The Morgan fingerprint density at radius 2 is 1.20 bits per heavy atom. The average Bonchev–Trinajstić information content (AvgIpc) is 1.82. The molecule has 0 rings (SSSR count). The Balaban J connectivity index is -0.000000720. The summed E-state index contributed by atoms with van der Waals surface area (Å²) in [5.41, 5.74) is -2.74. The van der Waals surface area contributed by atoms with Gasteiger partial charge in [0.15, 0.2) is 5.60 Å². The van der Waals surface area contributed by atoms with Gasteiger partial charge in [-0.05, 0) is 0 Å². The summed E-state index contributed by atoms with van der Waals surface area (Å²) in [4.78, 5) is 30.5. The number of aliphatic carboxylic acids is 3. The molecule has 0 aromatic carbocycles. The second kappa shape index (κ2) is 8.80. The van der Waals surface area contributed by atoms with Gasteiger partial charge in [-0.1, -0.05) is 0 Å². The quantitative estimate of drug-likeness (QED) is 0.397. The molecule has 9 heteroatoms. The third-order valence-corrected chi connectivity index (χ3v) is 1.29. The number of hydrogen-bond donors (Lipinski definition) is 4. The summed E-state index contributed by atoms with van der Waals surface area (Å²) in [6.07, 6.45) is -2.29. The fourth-order valence-electron chi connectivity index (χ4n) is 0.714. The molecule has 0 atom stereocenters. The van der Waals surface area contributed by atoms with Crippen LogP contribution in [-0.2, 0) is 35.4 Å². The maximum absolute atomic E-state index is 10.3. The second-order valence-corrected chi connectivity index (χ2v) is 2.48. The van der Waals surface area contributed by atoms with Gasteiger partial charge in [-0.25, -0.2) is 4.79 Å². The van der Waals surface area contributed by atoms with E-state index in [1.165, 1.54) is 0 Å². The van der Waals surface area contributed by atoms with Gasteiger partial charge in [0.05, 0.1) is 12.8 Å². The van der Waals surface area contributed by atoms with Gasteiger partial charge in [0, 0.05) is 72.4 Å². The van der Waals surface area contributed by atoms with Crippen molar-refractivity contribution >= 4 is 69.3 Å². The molecular weight excluding hydrogens is 407 g/mol. The van der Waals surface area contributed by atoms with E-state index in [1.54, 1.807) is 0 Å². The zero-order valence-corrected chi connectivity index (χ0v) is 13.9. The molecule has 0 aliphatic rings. The van der Waals surface area contributed by atoms with Crippen molar-refractivity contribution in [3.05, 3.63) is 0 Å². The van der Waals surface area contributed by atoms with Crippen LogP contribution < -0.4 is 0 Å². The standard InChI is InChI=1S/C6H8O7.K.W/c7-3(8)1-6(13,5(11)12)2-4(9)10;;/h13H,1-2H2,(H,7,8)(H,9,10)(H,11,12);;. The Morgan fingerprint density at radius 3 is 1.33 bits per heavy atom. The van der Waals surface area contributed by atoms with Crippen LogP contribution in [0.1, 0.15) is 12.8 Å². The number of hydrogen-bond acceptors (Lipinski definition) is 4. The molecule has 0 heterocycles. The summed E-state index contributed by atoms with van der Waals surface area (Å²) in [6.45, 7) is 0. The van der Waals surface area contributed by atoms with Crippen LogP contribution in [0.4, 0.5) is 0 Å². The molecule has 0 aromatic rings. The van der Waals surface area contributed by atoms with Crippen molar-refractivity contribution in [3.63, 3.8) is 0 Å². The summed E-state index contributed by atoms with van der Waals surface area (Å²) in [7, 11) is 0. The first kappa shape index (κ1) is 21.0. The van der Waals surface area contributed by atoms with Crippen LogP contribution in [0.5, 0.6) is 0 Å². The van der Waals surface area contributed by atoms with E-state index in [-0.39, 0.29) is 72.4 Å². The van der Waals surface area contributed by atoms with Gasteiger partial charge in [-0.15, -0.1) is 0 Å². The van der Waals surface area contributed by atoms with Gasteiger partial charge in [-0.3, -0.25) is 9.59 Å². The second-order valence-electron chi connectivity index (χ2n) is 2.48. The predicted molar refractivity (Wildman–Crippen MR) is 42.8 cm³/mol. The molecule has 0 amide bonds. The predicted octanol–water partition coefficient (Wildman–Crippen LogP) is -1.63. The van der Waals surface area contributed by atoms with Crippen LogP contribution >= 0.6 is 0 Å². The maximum atomic E-state index is 10.3. The smallest absolute Gasteiger partial charge is 0.336 e. The Morgan fingerprint density at radius 1 is 0.933 bits per heavy atom. The molecule has 0 saturated carbocycles. The summed E-state index contributed by atoms with van der Waals surface area (Å²) >= 11 is 0. The summed E-state index contributed by atoms with van der Waals surface area (Å²) in [5.74, 6) is -5.02. The summed E-state index contributed by atoms with van der Waals surface area (Å²) < 4.78 is 0. The first-order chi connectivity index (χ1) is 5.78. The minimum atomic E-state index is -2.74. The van der Waals surface area contributed by atoms with Crippen molar-refractivity contribution < 1.29 is 55.9 Å². The Labute approximate surface area is 142 Å². The van der Waals surface area contributed by atoms with Gasteiger partial charge in [0.2, 0.25) is 0 Å². The molecule has 0 unspecified atom stereocenters. The SMILES string of the molecule is O=C(O)CC(O)(CC(=O)O)C(=O)O.[K].[W]. The van der Waals surface area contributed by atoms with E-state index in [1.807, 2.05) is 0 Å². The zero-order valence-electron chi connectivity index (χ0n) is 7.84. The molecule has 0 saturated heterocycles. The van der Waals surface area contributed by atoms with Crippen molar-refractivity contribution in [1.82, 2.24) is 0 Å². The monoisotopic (exact) mass is 415 g/mol. The van der Waals surface area contributed by atoms with E-state index in [0.29, 0.717) is 0 Å². The number of carboxylic acid groups (broad SMARTS) is 3. The fraction of sp³-hybridized carbons (Fsp3) is 0.500. The molecule has 1 radical (unpaired) electrons. The Bertz CT molecular complexity index is 238. The average molecular weight is 415 g/mol. The van der Waals surface area contributed by atoms with Crippen molar-refractivity contribution in [1.29, 1.82) is 0 Å². The fourth-order valence-corrected chi connectivity index (χ4v) is 0.714. The molecule has 0 fully saturated rings. The van der Waals surface area contributed by atoms with Crippen molar-refractivity contribution in [2.24, 2.45) is 0 Å². The third kappa shape index (κ3) is 8.50. The Kier molecular flexibility index (Phi) is 12.3. The topological polar surface area (TPSA) is 132 Å². The molecule has 0 aliphatic heterocycles. The van der Waals surface area contributed by atoms with E-state index >= 15 is 0 Å². The van der Waals surface area contributed by atoms with E-state index in [4.69, 9.17) is 20.4 Å². The maximum Gasteiger partial charge on any atom is 0.336 e. The van der Waals surface area contributed by atoms with Crippen LogP contribution in [0.25, 0.3) is 0 Å². The largest absolute Gasteiger partial charge is 0.481 e. The van der Waals surface area contributed by atoms with E-state index < -0.39 is 36.4 Å². The van der Waals surface area contributed by atoms with Gasteiger partial charge in [-0.2, -0.15) is 0 Å². The van der Waals surface area contributed by atoms with Crippen molar-refractivity contribution in [3.8, 4) is 0 Å². The van der Waals surface area contributed by atoms with Gasteiger partial charge >= 0.3 is 17.9 Å². The number of carbonyl (C=O) groups is 3. The molecule has 7 nitrogen and oxygen atoms in total. The number of aliphatic hydroxyl groups is 1. The minimum absolute atomic E-state index is 0. The molecule has 0 spiro atoms. The zero-order chi connectivity index (χ0) is 10.6. The van der Waals surface area contributed by atoms with Gasteiger partial charge in [0.25, 0.3) is 0 Å². The molecular formula is C6H8KO7W. The first-order valence-corrected chi connectivity index (χ1v) is 3.17. The Hall–Kier alpha value is 0.695. The summed E-state index contributed by atoms with van der Waals surface area (Å²) in [6, 6.07) is 0. The van der Waals surface area contributed by atoms with E-state index in [0.717, 1.165) is 0 Å². The van der Waals surface area contributed by atoms with Crippen LogP contribution in [0, 0.1) is 0 Å². The van der Waals surface area contributed by atoms with E-state index in [2.05, 4.69) is 0 Å². The molecule has 81 valence electrons. The molecule has 0 aliphatic carbocycles.